The average Bonchev–Trinajstić information content (AvgIpc) is 3.39. The molecule has 0 aromatic heterocycles. The molecule has 1 saturated carbocycles. The normalized spacial score (nSPS) is 30.5. The molecule has 3 rings (SSSR count). The van der Waals surface area contributed by atoms with Crippen LogP contribution in [0.25, 0.3) is 0 Å². The first kappa shape index (κ1) is 32.4. The fourth-order valence-corrected chi connectivity index (χ4v) is 6.47. The summed E-state index contributed by atoms with van der Waals surface area (Å²) in [5.74, 6) is -0.0687. The maximum absolute atomic E-state index is 13.1. The topological polar surface area (TPSA) is 135 Å². The molecule has 1 aromatic carbocycles. The van der Waals surface area contributed by atoms with Crippen molar-refractivity contribution in [3.05, 3.63) is 33.8 Å². The number of hydrogen-bond acceptors (Lipinski definition) is 9. The van der Waals surface area contributed by atoms with Crippen molar-refractivity contribution in [1.29, 1.82) is 0 Å². The molecule has 1 amide bonds. The number of ether oxygens (including phenoxy) is 3. The Morgan fingerprint density at radius 2 is 1.90 bits per heavy atom. The van der Waals surface area contributed by atoms with Crippen molar-refractivity contribution < 1.29 is 39.1 Å². The largest absolute Gasteiger partial charge is 0.461 e. The molecular weight excluding hydrogens is 569 g/mol. The molecule has 1 aliphatic heterocycles. The lowest BCUT2D eigenvalue weighted by atomic mass is 9.91. The molecule has 12 heteroatoms. The van der Waals surface area contributed by atoms with E-state index in [4.69, 9.17) is 37.4 Å². The average molecular weight is 609 g/mol. The highest BCUT2D eigenvalue weighted by Crippen LogP contribution is 2.35. The van der Waals surface area contributed by atoms with Crippen LogP contribution in [-0.4, -0.2) is 88.7 Å². The molecule has 1 heterocycles. The first-order valence-corrected chi connectivity index (χ1v) is 15.1. The van der Waals surface area contributed by atoms with E-state index in [0.29, 0.717) is 10.9 Å². The van der Waals surface area contributed by atoms with Crippen molar-refractivity contribution in [2.75, 3.05) is 19.5 Å². The van der Waals surface area contributed by atoms with Gasteiger partial charge in [-0.25, -0.2) is 4.79 Å². The Hall–Kier alpha value is -1.11. The van der Waals surface area contributed by atoms with Gasteiger partial charge in [0.25, 0.3) is 0 Å². The van der Waals surface area contributed by atoms with Crippen molar-refractivity contribution in [2.45, 2.75) is 87.9 Å². The van der Waals surface area contributed by atoms with Gasteiger partial charge in [-0.2, -0.15) is 0 Å². The molecule has 0 unspecified atom stereocenters. The summed E-state index contributed by atoms with van der Waals surface area (Å²) in [5.41, 5.74) is -0.696. The van der Waals surface area contributed by atoms with Crippen molar-refractivity contribution in [3.8, 4) is 0 Å². The van der Waals surface area contributed by atoms with E-state index in [0.717, 1.165) is 43.9 Å². The van der Waals surface area contributed by atoms with E-state index < -0.39 is 48.0 Å². The molecule has 0 bridgehead atoms. The first-order valence-electron chi connectivity index (χ1n) is 13.3. The third-order valence-electron chi connectivity index (χ3n) is 7.51. The zero-order valence-electron chi connectivity index (χ0n) is 22.4. The number of carbonyl (C=O) groups is 2. The van der Waals surface area contributed by atoms with Crippen LogP contribution >= 0.6 is 35.0 Å². The van der Waals surface area contributed by atoms with E-state index in [1.54, 1.807) is 6.92 Å². The molecule has 220 valence electrons. The lowest BCUT2D eigenvalue weighted by Crippen LogP contribution is -2.65. The number of aliphatic hydroxyl groups is 3. The van der Waals surface area contributed by atoms with Crippen LogP contribution in [0.15, 0.2) is 18.2 Å². The van der Waals surface area contributed by atoms with Crippen LogP contribution < -0.4 is 5.32 Å². The van der Waals surface area contributed by atoms with Gasteiger partial charge in [-0.15, -0.1) is 11.8 Å². The summed E-state index contributed by atoms with van der Waals surface area (Å²) in [4.78, 5) is 25.4. The van der Waals surface area contributed by atoms with E-state index in [1.165, 1.54) is 25.3 Å². The second-order valence-electron chi connectivity index (χ2n) is 10.2. The van der Waals surface area contributed by atoms with Crippen LogP contribution in [0.4, 0.5) is 0 Å². The summed E-state index contributed by atoms with van der Waals surface area (Å²) in [5, 5.41) is 35.5. The van der Waals surface area contributed by atoms with Crippen molar-refractivity contribution in [2.24, 2.45) is 11.8 Å². The SMILES string of the molecule is CCC[C@H]1CC[C@H](C(=O)N[C@@H]([C@H]2O[C@H](SCCOC(=O)c3ccc(Cl)c(Cl)c3)[C@H](O)[C@@H](O)[C@H]2O)[C@@H](C)OC)C1. The highest BCUT2D eigenvalue weighted by Gasteiger charge is 2.49. The Kier molecular flexibility index (Phi) is 12.6. The van der Waals surface area contributed by atoms with Crippen LogP contribution in [0, 0.1) is 11.8 Å². The zero-order valence-corrected chi connectivity index (χ0v) is 24.8. The predicted octanol–water partition coefficient (Wildman–Crippen LogP) is 3.43. The van der Waals surface area contributed by atoms with E-state index in [9.17, 15) is 24.9 Å². The molecule has 9 atom stereocenters. The maximum atomic E-state index is 13.1. The molecule has 0 spiro atoms. The molecule has 1 aliphatic carbocycles. The summed E-state index contributed by atoms with van der Waals surface area (Å²) in [6.07, 6.45) is -1.12. The summed E-state index contributed by atoms with van der Waals surface area (Å²) < 4.78 is 16.8. The molecule has 1 saturated heterocycles. The van der Waals surface area contributed by atoms with E-state index in [2.05, 4.69) is 12.2 Å². The number of aliphatic hydroxyl groups excluding tert-OH is 3. The van der Waals surface area contributed by atoms with E-state index in [1.807, 2.05) is 0 Å². The van der Waals surface area contributed by atoms with Gasteiger partial charge in [0.2, 0.25) is 5.91 Å². The van der Waals surface area contributed by atoms with E-state index >= 15 is 0 Å². The Morgan fingerprint density at radius 3 is 2.56 bits per heavy atom. The van der Waals surface area contributed by atoms with Crippen molar-refractivity contribution >= 4 is 46.8 Å². The highest BCUT2D eigenvalue weighted by atomic mass is 35.5. The number of carbonyl (C=O) groups excluding carboxylic acids is 2. The number of esters is 1. The van der Waals surface area contributed by atoms with Gasteiger partial charge in [0.05, 0.1) is 27.8 Å². The minimum absolute atomic E-state index is 0.00507. The summed E-state index contributed by atoms with van der Waals surface area (Å²) >= 11 is 13.0. The first-order chi connectivity index (χ1) is 18.6. The molecule has 9 nitrogen and oxygen atoms in total. The number of nitrogens with one attached hydrogen (secondary N) is 1. The number of thioether (sulfide) groups is 1. The number of methoxy groups -OCH3 is 1. The quantitative estimate of drug-likeness (QED) is 0.208. The number of hydrogen-bond donors (Lipinski definition) is 4. The smallest absolute Gasteiger partial charge is 0.338 e. The molecule has 2 aliphatic rings. The molecule has 0 radical (unpaired) electrons. The molecule has 39 heavy (non-hydrogen) atoms. The number of rotatable bonds is 12. The minimum Gasteiger partial charge on any atom is -0.461 e. The van der Waals surface area contributed by atoms with Gasteiger partial charge in [0.1, 0.15) is 36.5 Å². The third-order valence-corrected chi connectivity index (χ3v) is 9.37. The van der Waals surface area contributed by atoms with Crippen LogP contribution in [0.3, 0.4) is 0 Å². The lowest BCUT2D eigenvalue weighted by Gasteiger charge is -2.44. The van der Waals surface area contributed by atoms with E-state index in [-0.39, 0.29) is 34.8 Å². The van der Waals surface area contributed by atoms with Crippen LogP contribution in [0.5, 0.6) is 0 Å². The molecule has 4 N–H and O–H groups in total. The third kappa shape index (κ3) is 8.45. The van der Waals surface area contributed by atoms with Crippen LogP contribution in [0.1, 0.15) is 56.3 Å². The molecule has 2 fully saturated rings. The van der Waals surface area contributed by atoms with Crippen LogP contribution in [-0.2, 0) is 19.0 Å². The number of halogens is 2. The number of benzene rings is 1. The van der Waals surface area contributed by atoms with Crippen molar-refractivity contribution in [3.63, 3.8) is 0 Å². The monoisotopic (exact) mass is 607 g/mol. The molecular formula is C27H39Cl2NO8S. The fraction of sp³-hybridized carbons (Fsp3) is 0.704. The summed E-state index contributed by atoms with van der Waals surface area (Å²) in [7, 11) is 1.49. The molecule has 1 aromatic rings. The van der Waals surface area contributed by atoms with Gasteiger partial charge in [0, 0.05) is 18.8 Å². The Labute approximate surface area is 243 Å². The van der Waals surface area contributed by atoms with Gasteiger partial charge in [-0.3, -0.25) is 4.79 Å². The second kappa shape index (κ2) is 15.2. The minimum atomic E-state index is -1.51. The number of amides is 1. The Balaban J connectivity index is 1.60. The van der Waals surface area contributed by atoms with Gasteiger partial charge in [-0.05, 0) is 50.3 Å². The Morgan fingerprint density at radius 1 is 1.15 bits per heavy atom. The van der Waals surface area contributed by atoms with Crippen LogP contribution in [0.2, 0.25) is 10.0 Å². The standard InChI is InChI=1S/C27H39Cl2NO8S/c1-4-5-15-6-7-16(12-15)25(34)30-20(14(2)36-3)24-22(32)21(31)23(33)27(38-24)39-11-10-37-26(35)17-8-9-18(28)19(29)13-17/h8-9,13-16,20-24,27,31-33H,4-7,10-12H2,1-3H3,(H,30,34)/t14-,15+,16+,20-,21+,22-,23-,24-,27-/m1/s1. The fourth-order valence-electron chi connectivity index (χ4n) is 5.19. The second-order valence-corrected chi connectivity index (χ2v) is 12.2. The van der Waals surface area contributed by atoms with Gasteiger partial charge in [0.15, 0.2) is 0 Å². The summed E-state index contributed by atoms with van der Waals surface area (Å²) in [6, 6.07) is 3.65. The predicted molar refractivity (Wildman–Crippen MR) is 150 cm³/mol. The van der Waals surface area contributed by atoms with Gasteiger partial charge in [-0.1, -0.05) is 43.0 Å². The van der Waals surface area contributed by atoms with Crippen molar-refractivity contribution in [1.82, 2.24) is 5.32 Å². The summed E-state index contributed by atoms with van der Waals surface area (Å²) in [6.45, 7) is 3.88. The van der Waals surface area contributed by atoms with Gasteiger partial charge < -0.3 is 34.8 Å². The highest BCUT2D eigenvalue weighted by molar-refractivity contribution is 7.99. The van der Waals surface area contributed by atoms with Gasteiger partial charge >= 0.3 is 5.97 Å². The zero-order chi connectivity index (χ0) is 28.7. The maximum Gasteiger partial charge on any atom is 0.338 e. The Bertz CT molecular complexity index is 972. The lowest BCUT2D eigenvalue weighted by molar-refractivity contribution is -0.212.